The largest absolute Gasteiger partial charge is 0.497 e. The van der Waals surface area contributed by atoms with E-state index in [4.69, 9.17) is 9.47 Å². The molecule has 0 radical (unpaired) electrons. The van der Waals surface area contributed by atoms with Gasteiger partial charge in [-0.05, 0) is 48.0 Å². The highest BCUT2D eigenvalue weighted by molar-refractivity contribution is 5.52. The number of nitrogens with one attached hydrogen (secondary N) is 1. The van der Waals surface area contributed by atoms with Crippen molar-refractivity contribution >= 4 is 11.5 Å². The maximum absolute atomic E-state index is 14.1. The van der Waals surface area contributed by atoms with Gasteiger partial charge in [-0.15, -0.1) is 15.3 Å². The Morgan fingerprint density at radius 1 is 0.969 bits per heavy atom. The lowest BCUT2D eigenvalue weighted by atomic mass is 9.97. The summed E-state index contributed by atoms with van der Waals surface area (Å²) in [6.45, 7) is 0. The number of hydrogen-bond donors (Lipinski definition) is 1. The van der Waals surface area contributed by atoms with Crippen LogP contribution in [0.5, 0.6) is 11.5 Å². The molecule has 1 N–H and O–H groups in total. The van der Waals surface area contributed by atoms with Crippen LogP contribution in [0.15, 0.2) is 54.6 Å². The quantitative estimate of drug-likeness (QED) is 0.439. The number of halogens is 4. The van der Waals surface area contributed by atoms with Crippen LogP contribution in [-0.2, 0) is 6.18 Å². The normalized spacial score (nSPS) is 12.6. The molecule has 4 aromatic rings. The van der Waals surface area contributed by atoms with Crippen molar-refractivity contribution in [3.05, 3.63) is 77.4 Å². The third kappa shape index (κ3) is 4.13. The van der Waals surface area contributed by atoms with Gasteiger partial charge in [-0.2, -0.15) is 17.7 Å². The Kier molecular flexibility index (Phi) is 5.56. The molecule has 166 valence electrons. The standard InChI is InChI=1S/C21H17F4N5O2/c1-31-14-5-3-4-12(10-14)19(15-11-13(22)6-7-16(15)32-2)26-17-8-9-18-27-28-20(21(23,24)25)30(18)29-17/h3-11,19H,1-2H3,(H,26,29). The Labute approximate surface area is 179 Å². The zero-order valence-electron chi connectivity index (χ0n) is 16.9. The summed E-state index contributed by atoms with van der Waals surface area (Å²) in [6.07, 6.45) is -4.73. The lowest BCUT2D eigenvalue weighted by Crippen LogP contribution is -2.17. The molecule has 2 heterocycles. The molecule has 0 bridgehead atoms. The Morgan fingerprint density at radius 3 is 2.50 bits per heavy atom. The number of hydrogen-bond acceptors (Lipinski definition) is 6. The van der Waals surface area contributed by atoms with Crippen LogP contribution in [0, 0.1) is 5.82 Å². The van der Waals surface area contributed by atoms with Crippen LogP contribution in [0.25, 0.3) is 5.65 Å². The van der Waals surface area contributed by atoms with Gasteiger partial charge >= 0.3 is 6.18 Å². The van der Waals surface area contributed by atoms with E-state index in [0.29, 0.717) is 27.1 Å². The number of fused-ring (bicyclic) bond motifs is 1. The van der Waals surface area contributed by atoms with Crippen molar-refractivity contribution in [1.29, 1.82) is 0 Å². The molecule has 0 amide bonds. The Morgan fingerprint density at radius 2 is 1.78 bits per heavy atom. The van der Waals surface area contributed by atoms with Crippen LogP contribution in [0.3, 0.4) is 0 Å². The summed E-state index contributed by atoms with van der Waals surface area (Å²) in [6, 6.07) is 13.1. The lowest BCUT2D eigenvalue weighted by Gasteiger charge is -2.23. The number of methoxy groups -OCH3 is 2. The van der Waals surface area contributed by atoms with Gasteiger partial charge in [-0.25, -0.2) is 4.39 Å². The van der Waals surface area contributed by atoms with E-state index in [1.54, 1.807) is 24.3 Å². The fraction of sp³-hybridized carbons (Fsp3) is 0.190. The molecular weight excluding hydrogens is 430 g/mol. The number of anilines is 1. The number of aromatic nitrogens is 4. The number of benzene rings is 2. The topological polar surface area (TPSA) is 73.6 Å². The molecule has 0 saturated heterocycles. The minimum Gasteiger partial charge on any atom is -0.497 e. The first-order chi connectivity index (χ1) is 15.3. The fourth-order valence-electron chi connectivity index (χ4n) is 3.28. The monoisotopic (exact) mass is 447 g/mol. The van der Waals surface area contributed by atoms with Crippen LogP contribution in [0.2, 0.25) is 0 Å². The van der Waals surface area contributed by atoms with Crippen molar-refractivity contribution in [1.82, 2.24) is 19.8 Å². The average Bonchev–Trinajstić information content (AvgIpc) is 3.21. The number of rotatable bonds is 6. The third-order valence-corrected chi connectivity index (χ3v) is 4.74. The first-order valence-electron chi connectivity index (χ1n) is 9.33. The second kappa shape index (κ2) is 8.33. The highest BCUT2D eigenvalue weighted by atomic mass is 19.4. The summed E-state index contributed by atoms with van der Waals surface area (Å²) in [5.41, 5.74) is 1.00. The van der Waals surface area contributed by atoms with Gasteiger partial charge < -0.3 is 14.8 Å². The van der Waals surface area contributed by atoms with Crippen molar-refractivity contribution in [2.24, 2.45) is 0 Å². The summed E-state index contributed by atoms with van der Waals surface area (Å²) >= 11 is 0. The first-order valence-corrected chi connectivity index (χ1v) is 9.33. The Balaban J connectivity index is 1.83. The maximum atomic E-state index is 14.1. The second-order valence-electron chi connectivity index (χ2n) is 6.75. The number of nitrogens with zero attached hydrogens (tertiary/aromatic N) is 4. The fourth-order valence-corrected chi connectivity index (χ4v) is 3.28. The minimum atomic E-state index is -4.73. The van der Waals surface area contributed by atoms with E-state index in [1.165, 1.54) is 44.6 Å². The van der Waals surface area contributed by atoms with Crippen LogP contribution >= 0.6 is 0 Å². The van der Waals surface area contributed by atoms with Gasteiger partial charge in [0.2, 0.25) is 0 Å². The molecule has 2 aromatic carbocycles. The van der Waals surface area contributed by atoms with Crippen LogP contribution in [0.4, 0.5) is 23.4 Å². The van der Waals surface area contributed by atoms with Crippen molar-refractivity contribution in [2.45, 2.75) is 12.2 Å². The predicted octanol–water partition coefficient (Wildman–Crippen LogP) is 4.50. The highest BCUT2D eigenvalue weighted by Gasteiger charge is 2.37. The van der Waals surface area contributed by atoms with Crippen LogP contribution in [0.1, 0.15) is 23.0 Å². The summed E-state index contributed by atoms with van der Waals surface area (Å²) in [5, 5.41) is 13.8. The Hall–Kier alpha value is -3.89. The molecule has 0 fully saturated rings. The molecule has 1 unspecified atom stereocenters. The Bertz CT molecular complexity index is 1260. The SMILES string of the molecule is COc1cccc(C(Nc2ccc3nnc(C(F)(F)F)n3n2)c2cc(F)ccc2OC)c1. The average molecular weight is 447 g/mol. The van der Waals surface area contributed by atoms with Gasteiger partial charge in [0.1, 0.15) is 23.1 Å². The first kappa shape index (κ1) is 21.3. The van der Waals surface area contributed by atoms with Crippen LogP contribution in [-0.4, -0.2) is 34.0 Å². The maximum Gasteiger partial charge on any atom is 0.453 e. The molecule has 1 atom stereocenters. The molecule has 7 nitrogen and oxygen atoms in total. The molecule has 32 heavy (non-hydrogen) atoms. The van der Waals surface area contributed by atoms with Gasteiger partial charge in [0.15, 0.2) is 5.65 Å². The van der Waals surface area contributed by atoms with Gasteiger partial charge in [0.05, 0.1) is 20.3 Å². The van der Waals surface area contributed by atoms with Gasteiger partial charge in [0, 0.05) is 5.56 Å². The second-order valence-corrected chi connectivity index (χ2v) is 6.75. The zero-order valence-corrected chi connectivity index (χ0v) is 16.9. The van der Waals surface area contributed by atoms with E-state index in [2.05, 4.69) is 20.6 Å². The van der Waals surface area contributed by atoms with Gasteiger partial charge in [-0.1, -0.05) is 12.1 Å². The summed E-state index contributed by atoms with van der Waals surface area (Å²) in [5.74, 6) is -0.740. The van der Waals surface area contributed by atoms with E-state index in [0.717, 1.165) is 0 Å². The third-order valence-electron chi connectivity index (χ3n) is 4.74. The smallest absolute Gasteiger partial charge is 0.453 e. The molecule has 0 aliphatic rings. The van der Waals surface area contributed by atoms with E-state index in [-0.39, 0.29) is 11.5 Å². The molecule has 4 rings (SSSR count). The molecule has 0 saturated carbocycles. The van der Waals surface area contributed by atoms with E-state index in [1.807, 2.05) is 0 Å². The minimum absolute atomic E-state index is 0.0656. The summed E-state index contributed by atoms with van der Waals surface area (Å²) in [4.78, 5) is 0. The molecule has 2 aromatic heterocycles. The van der Waals surface area contributed by atoms with E-state index in [9.17, 15) is 17.6 Å². The molecule has 11 heteroatoms. The van der Waals surface area contributed by atoms with Crippen molar-refractivity contribution in [3.63, 3.8) is 0 Å². The van der Waals surface area contributed by atoms with Crippen LogP contribution < -0.4 is 14.8 Å². The predicted molar refractivity (Wildman–Crippen MR) is 107 cm³/mol. The lowest BCUT2D eigenvalue weighted by molar-refractivity contribution is -0.146. The molecular formula is C21H17F4N5O2. The van der Waals surface area contributed by atoms with Crippen molar-refractivity contribution in [3.8, 4) is 11.5 Å². The summed E-state index contributed by atoms with van der Waals surface area (Å²) in [7, 11) is 2.95. The molecule has 0 aliphatic carbocycles. The van der Waals surface area contributed by atoms with Gasteiger partial charge in [0.25, 0.3) is 5.82 Å². The zero-order chi connectivity index (χ0) is 22.9. The van der Waals surface area contributed by atoms with Crippen molar-refractivity contribution in [2.75, 3.05) is 19.5 Å². The summed E-state index contributed by atoms with van der Waals surface area (Å²) < 4.78 is 65.1. The molecule has 0 aliphatic heterocycles. The molecule has 0 spiro atoms. The van der Waals surface area contributed by atoms with E-state index >= 15 is 0 Å². The van der Waals surface area contributed by atoms with E-state index < -0.39 is 23.9 Å². The van der Waals surface area contributed by atoms with Gasteiger partial charge in [-0.3, -0.25) is 0 Å². The highest BCUT2D eigenvalue weighted by Crippen LogP contribution is 2.35. The van der Waals surface area contributed by atoms with Crippen molar-refractivity contribution < 1.29 is 27.0 Å². The number of ether oxygens (including phenoxy) is 2. The number of alkyl halides is 3.